The Hall–Kier alpha value is -3.03. The van der Waals surface area contributed by atoms with Crippen LogP contribution in [-0.2, 0) is 6.42 Å². The van der Waals surface area contributed by atoms with Gasteiger partial charge in [0.25, 0.3) is 0 Å². The lowest BCUT2D eigenvalue weighted by molar-refractivity contribution is 0.0695. The number of rotatable bonds is 8. The van der Waals surface area contributed by atoms with E-state index in [9.17, 15) is 9.90 Å². The van der Waals surface area contributed by atoms with E-state index >= 15 is 0 Å². The van der Waals surface area contributed by atoms with Crippen molar-refractivity contribution in [1.82, 2.24) is 24.6 Å². The number of carboxylic acids is 1. The van der Waals surface area contributed by atoms with Crippen molar-refractivity contribution in [3.63, 3.8) is 0 Å². The Morgan fingerprint density at radius 1 is 1.22 bits per heavy atom. The van der Waals surface area contributed by atoms with Gasteiger partial charge in [-0.15, -0.1) is 0 Å². The number of aromatic nitrogens is 3. The second kappa shape index (κ2) is 10.1. The molecule has 1 aliphatic rings. The van der Waals surface area contributed by atoms with E-state index in [0.717, 1.165) is 55.8 Å². The van der Waals surface area contributed by atoms with Crippen LogP contribution in [0.4, 0.5) is 0 Å². The molecule has 1 fully saturated rings. The summed E-state index contributed by atoms with van der Waals surface area (Å²) in [6, 6.07) is 12.1. The first-order valence-electron chi connectivity index (χ1n) is 11.2. The molecule has 1 aliphatic heterocycles. The van der Waals surface area contributed by atoms with Crippen LogP contribution in [0.2, 0.25) is 0 Å². The molecular weight excluding hydrogens is 402 g/mol. The average Bonchev–Trinajstić information content (AvgIpc) is 3.22. The van der Waals surface area contributed by atoms with Gasteiger partial charge in [0.15, 0.2) is 0 Å². The van der Waals surface area contributed by atoms with Gasteiger partial charge in [-0.2, -0.15) is 5.10 Å². The SMILES string of the molecule is CN(C)CCN1CCCC(n2cc(-c3ccccc3)c(Cc3cnccc3C(=O)O)n2)C1. The van der Waals surface area contributed by atoms with Gasteiger partial charge in [0.2, 0.25) is 0 Å². The first kappa shape index (κ1) is 22.2. The van der Waals surface area contributed by atoms with E-state index in [1.54, 1.807) is 12.3 Å². The molecule has 7 nitrogen and oxygen atoms in total. The number of likely N-dealkylation sites (tertiary alicyclic amines) is 1. The normalized spacial score (nSPS) is 17.0. The van der Waals surface area contributed by atoms with Crippen LogP contribution in [0.1, 0.15) is 40.5 Å². The molecule has 1 N–H and O–H groups in total. The Morgan fingerprint density at radius 2 is 2.03 bits per heavy atom. The lowest BCUT2D eigenvalue weighted by atomic mass is 10.00. The Kier molecular flexibility index (Phi) is 6.97. The summed E-state index contributed by atoms with van der Waals surface area (Å²) in [5.74, 6) is -0.938. The highest BCUT2D eigenvalue weighted by atomic mass is 16.4. The maximum absolute atomic E-state index is 11.7. The van der Waals surface area contributed by atoms with E-state index in [1.165, 1.54) is 6.20 Å². The minimum atomic E-state index is -0.938. The fourth-order valence-electron chi connectivity index (χ4n) is 4.35. The number of pyridine rings is 1. The summed E-state index contributed by atoms with van der Waals surface area (Å²) in [5, 5.41) is 14.6. The molecule has 0 saturated carbocycles. The zero-order valence-electron chi connectivity index (χ0n) is 18.8. The molecular formula is C25H31N5O2. The molecule has 168 valence electrons. The Bertz CT molecular complexity index is 1050. The van der Waals surface area contributed by atoms with E-state index in [4.69, 9.17) is 5.10 Å². The first-order chi connectivity index (χ1) is 15.5. The number of piperidine rings is 1. The molecule has 0 radical (unpaired) electrons. The molecule has 0 amide bonds. The summed E-state index contributed by atoms with van der Waals surface area (Å²) >= 11 is 0. The topological polar surface area (TPSA) is 74.5 Å². The van der Waals surface area contributed by atoms with Gasteiger partial charge < -0.3 is 10.0 Å². The van der Waals surface area contributed by atoms with E-state index in [2.05, 4.69) is 51.9 Å². The fourth-order valence-corrected chi connectivity index (χ4v) is 4.35. The van der Waals surface area contributed by atoms with Crippen molar-refractivity contribution in [1.29, 1.82) is 0 Å². The van der Waals surface area contributed by atoms with Crippen molar-refractivity contribution < 1.29 is 9.90 Å². The zero-order valence-corrected chi connectivity index (χ0v) is 18.8. The van der Waals surface area contributed by atoms with Crippen LogP contribution in [0.15, 0.2) is 55.0 Å². The number of nitrogens with zero attached hydrogens (tertiary/aromatic N) is 5. The molecule has 2 aromatic heterocycles. The zero-order chi connectivity index (χ0) is 22.5. The molecule has 3 aromatic rings. The summed E-state index contributed by atoms with van der Waals surface area (Å²) in [5.41, 5.74) is 3.99. The summed E-state index contributed by atoms with van der Waals surface area (Å²) in [7, 11) is 4.22. The average molecular weight is 434 g/mol. The lowest BCUT2D eigenvalue weighted by Crippen LogP contribution is -2.40. The molecule has 0 aliphatic carbocycles. The number of hydrogen-bond acceptors (Lipinski definition) is 5. The highest BCUT2D eigenvalue weighted by molar-refractivity contribution is 5.89. The van der Waals surface area contributed by atoms with Crippen LogP contribution >= 0.6 is 0 Å². The van der Waals surface area contributed by atoms with E-state index in [1.807, 2.05) is 18.2 Å². The molecule has 1 aromatic carbocycles. The first-order valence-corrected chi connectivity index (χ1v) is 11.2. The third-order valence-electron chi connectivity index (χ3n) is 6.10. The maximum atomic E-state index is 11.7. The van der Waals surface area contributed by atoms with Crippen LogP contribution in [-0.4, -0.2) is 75.9 Å². The molecule has 32 heavy (non-hydrogen) atoms. The van der Waals surface area contributed by atoms with Crippen molar-refractivity contribution in [3.05, 3.63) is 71.8 Å². The highest BCUT2D eigenvalue weighted by Crippen LogP contribution is 2.29. The number of carbonyl (C=O) groups is 1. The third-order valence-corrected chi connectivity index (χ3v) is 6.10. The van der Waals surface area contributed by atoms with Crippen molar-refractivity contribution in [2.45, 2.75) is 25.3 Å². The van der Waals surface area contributed by atoms with E-state index in [-0.39, 0.29) is 5.56 Å². The van der Waals surface area contributed by atoms with Gasteiger partial charge in [0.05, 0.1) is 17.3 Å². The van der Waals surface area contributed by atoms with Crippen molar-refractivity contribution in [2.75, 3.05) is 40.3 Å². The van der Waals surface area contributed by atoms with Crippen molar-refractivity contribution >= 4 is 5.97 Å². The molecule has 1 atom stereocenters. The molecule has 0 bridgehead atoms. The maximum Gasteiger partial charge on any atom is 0.336 e. The van der Waals surface area contributed by atoms with Crippen molar-refractivity contribution in [3.8, 4) is 11.1 Å². The smallest absolute Gasteiger partial charge is 0.336 e. The van der Waals surface area contributed by atoms with Crippen LogP contribution in [0.3, 0.4) is 0 Å². The minimum absolute atomic E-state index is 0.279. The monoisotopic (exact) mass is 433 g/mol. The lowest BCUT2D eigenvalue weighted by Gasteiger charge is -2.33. The van der Waals surface area contributed by atoms with Gasteiger partial charge in [0.1, 0.15) is 0 Å². The summed E-state index contributed by atoms with van der Waals surface area (Å²) in [4.78, 5) is 20.6. The largest absolute Gasteiger partial charge is 0.478 e. The van der Waals surface area contributed by atoms with E-state index in [0.29, 0.717) is 18.0 Å². The Morgan fingerprint density at radius 3 is 2.78 bits per heavy atom. The second-order valence-corrected chi connectivity index (χ2v) is 8.75. The van der Waals surface area contributed by atoms with Gasteiger partial charge >= 0.3 is 5.97 Å². The minimum Gasteiger partial charge on any atom is -0.478 e. The third kappa shape index (κ3) is 5.23. The number of likely N-dealkylation sites (N-methyl/N-ethyl adjacent to an activating group) is 1. The summed E-state index contributed by atoms with van der Waals surface area (Å²) < 4.78 is 2.11. The quantitative estimate of drug-likeness (QED) is 0.587. The van der Waals surface area contributed by atoms with Crippen molar-refractivity contribution in [2.24, 2.45) is 0 Å². The second-order valence-electron chi connectivity index (χ2n) is 8.75. The molecule has 1 saturated heterocycles. The van der Waals surface area contributed by atoms with Crippen LogP contribution < -0.4 is 0 Å². The molecule has 1 unspecified atom stereocenters. The predicted molar refractivity (Wildman–Crippen MR) is 125 cm³/mol. The number of benzene rings is 1. The molecule has 4 rings (SSSR count). The molecule has 7 heteroatoms. The number of aromatic carboxylic acids is 1. The summed E-state index contributed by atoms with van der Waals surface area (Å²) in [6.07, 6.45) is 7.99. The van der Waals surface area contributed by atoms with Crippen LogP contribution in [0, 0.1) is 0 Å². The predicted octanol–water partition coefficient (Wildman–Crippen LogP) is 3.43. The number of hydrogen-bond donors (Lipinski definition) is 1. The van der Waals surface area contributed by atoms with Crippen LogP contribution in [0.5, 0.6) is 0 Å². The van der Waals surface area contributed by atoms with Gasteiger partial charge in [-0.3, -0.25) is 14.6 Å². The molecule has 0 spiro atoms. The van der Waals surface area contributed by atoms with Gasteiger partial charge in [-0.25, -0.2) is 4.79 Å². The highest BCUT2D eigenvalue weighted by Gasteiger charge is 2.24. The fraction of sp³-hybridized carbons (Fsp3) is 0.400. The van der Waals surface area contributed by atoms with Gasteiger partial charge in [-0.05, 0) is 50.7 Å². The van der Waals surface area contributed by atoms with Gasteiger partial charge in [-0.1, -0.05) is 30.3 Å². The van der Waals surface area contributed by atoms with Crippen LogP contribution in [0.25, 0.3) is 11.1 Å². The Balaban J connectivity index is 1.64. The van der Waals surface area contributed by atoms with E-state index < -0.39 is 5.97 Å². The molecule has 3 heterocycles. The number of carboxylic acid groups (broad SMARTS) is 1. The standard InChI is InChI=1S/C25H31N5O2/c1-28(2)13-14-29-12-6-9-21(17-29)30-18-23(19-7-4-3-5-8-19)24(27-30)15-20-16-26-11-10-22(20)25(31)32/h3-5,7-8,10-11,16,18,21H,6,9,12-15,17H2,1-2H3,(H,31,32). The van der Waals surface area contributed by atoms with Gasteiger partial charge in [0, 0.05) is 50.2 Å². The summed E-state index contributed by atoms with van der Waals surface area (Å²) in [6.45, 7) is 4.21. The Labute approximate surface area is 189 Å².